The van der Waals surface area contributed by atoms with E-state index in [1.165, 1.54) is 0 Å². The van der Waals surface area contributed by atoms with Crippen molar-refractivity contribution >= 4 is 5.97 Å². The zero-order valence-electron chi connectivity index (χ0n) is 13.4. The van der Waals surface area contributed by atoms with Crippen molar-refractivity contribution in [3.05, 3.63) is 29.8 Å². The van der Waals surface area contributed by atoms with Crippen LogP contribution in [0.5, 0.6) is 5.75 Å². The zero-order chi connectivity index (χ0) is 16.5. The molecule has 1 aromatic rings. The number of hydrogen-bond donors (Lipinski definition) is 2. The topological polar surface area (TPSA) is 79.2 Å². The highest BCUT2D eigenvalue weighted by Crippen LogP contribution is 2.22. The molecule has 0 spiro atoms. The quantitative estimate of drug-likeness (QED) is 0.662. The van der Waals surface area contributed by atoms with Crippen LogP contribution in [0, 0.1) is 0 Å². The molecular formula is C16H25NO5. The van der Waals surface area contributed by atoms with Gasteiger partial charge in [0.05, 0.1) is 19.1 Å². The van der Waals surface area contributed by atoms with E-state index in [2.05, 4.69) is 0 Å². The molecule has 0 saturated carbocycles. The monoisotopic (exact) mass is 311 g/mol. The van der Waals surface area contributed by atoms with Crippen molar-refractivity contribution in [2.24, 2.45) is 0 Å². The first-order chi connectivity index (χ1) is 10.4. The zero-order valence-corrected chi connectivity index (χ0v) is 13.4. The second kappa shape index (κ2) is 9.40. The maximum absolute atomic E-state index is 11.3. The van der Waals surface area contributed by atoms with Gasteiger partial charge in [-0.1, -0.05) is 12.1 Å². The van der Waals surface area contributed by atoms with Gasteiger partial charge in [-0.2, -0.15) is 0 Å². The molecule has 0 radical (unpaired) electrons. The Balaban J connectivity index is 2.52. The van der Waals surface area contributed by atoms with E-state index in [0.717, 1.165) is 6.54 Å². The number of likely N-dealkylation sites (N-methyl/N-ethyl adjacent to an activating group) is 1. The van der Waals surface area contributed by atoms with Gasteiger partial charge in [0.15, 0.2) is 0 Å². The first kappa shape index (κ1) is 18.4. The lowest BCUT2D eigenvalue weighted by atomic mass is 10.0. The van der Waals surface area contributed by atoms with Gasteiger partial charge in [0, 0.05) is 6.54 Å². The van der Waals surface area contributed by atoms with Crippen LogP contribution in [0.25, 0.3) is 0 Å². The molecule has 0 aliphatic carbocycles. The SMILES string of the molecule is CCOC(=O)CC(O)C(O)c1ccc(OCCN(C)C)cc1. The highest BCUT2D eigenvalue weighted by Gasteiger charge is 2.22. The molecule has 0 aromatic heterocycles. The van der Waals surface area contributed by atoms with E-state index in [1.807, 2.05) is 19.0 Å². The molecule has 0 heterocycles. The fourth-order valence-electron chi connectivity index (χ4n) is 1.83. The normalized spacial score (nSPS) is 13.7. The summed E-state index contributed by atoms with van der Waals surface area (Å²) in [5.74, 6) is 0.162. The van der Waals surface area contributed by atoms with Crippen LogP contribution in [-0.4, -0.2) is 61.0 Å². The van der Waals surface area contributed by atoms with Gasteiger partial charge in [-0.15, -0.1) is 0 Å². The number of aliphatic hydroxyl groups excluding tert-OH is 2. The average molecular weight is 311 g/mol. The standard InChI is InChI=1S/C16H25NO5/c1-4-21-15(19)11-14(18)16(20)12-5-7-13(8-6-12)22-10-9-17(2)3/h5-8,14,16,18,20H,4,9-11H2,1-3H3. The van der Waals surface area contributed by atoms with Crippen LogP contribution >= 0.6 is 0 Å². The van der Waals surface area contributed by atoms with Gasteiger partial charge in [0.25, 0.3) is 0 Å². The summed E-state index contributed by atoms with van der Waals surface area (Å²) in [6.45, 7) is 3.32. The van der Waals surface area contributed by atoms with E-state index < -0.39 is 18.2 Å². The number of rotatable bonds is 9. The highest BCUT2D eigenvalue weighted by molar-refractivity contribution is 5.70. The maximum atomic E-state index is 11.3. The number of carbonyl (C=O) groups excluding carboxylic acids is 1. The minimum Gasteiger partial charge on any atom is -0.492 e. The lowest BCUT2D eigenvalue weighted by Gasteiger charge is -2.18. The summed E-state index contributed by atoms with van der Waals surface area (Å²) in [6.07, 6.45) is -2.57. The van der Waals surface area contributed by atoms with Crippen molar-refractivity contribution in [3.63, 3.8) is 0 Å². The van der Waals surface area contributed by atoms with Gasteiger partial charge in [-0.25, -0.2) is 0 Å². The third kappa shape index (κ3) is 6.43. The Labute approximate surface area is 131 Å². The molecule has 1 rings (SSSR count). The van der Waals surface area contributed by atoms with Crippen LogP contribution in [-0.2, 0) is 9.53 Å². The van der Waals surface area contributed by atoms with Crippen molar-refractivity contribution in [1.29, 1.82) is 0 Å². The molecule has 124 valence electrons. The first-order valence-corrected chi connectivity index (χ1v) is 7.33. The molecule has 0 aliphatic heterocycles. The lowest BCUT2D eigenvalue weighted by Crippen LogP contribution is -2.23. The second-order valence-electron chi connectivity index (χ2n) is 5.24. The van der Waals surface area contributed by atoms with E-state index in [0.29, 0.717) is 17.9 Å². The summed E-state index contributed by atoms with van der Waals surface area (Å²) >= 11 is 0. The molecule has 0 aliphatic rings. The van der Waals surface area contributed by atoms with Crippen LogP contribution in [0.4, 0.5) is 0 Å². The van der Waals surface area contributed by atoms with Gasteiger partial charge in [0.1, 0.15) is 18.5 Å². The van der Waals surface area contributed by atoms with Crippen molar-refractivity contribution in [3.8, 4) is 5.75 Å². The van der Waals surface area contributed by atoms with Gasteiger partial charge in [-0.05, 0) is 38.7 Å². The predicted octanol–water partition coefficient (Wildman–Crippen LogP) is 0.974. The largest absolute Gasteiger partial charge is 0.492 e. The summed E-state index contributed by atoms with van der Waals surface area (Å²) in [6, 6.07) is 6.80. The van der Waals surface area contributed by atoms with Crippen LogP contribution in [0.1, 0.15) is 25.0 Å². The number of nitrogens with zero attached hydrogens (tertiary/aromatic N) is 1. The minimum atomic E-state index is -1.19. The van der Waals surface area contributed by atoms with Crippen molar-refractivity contribution < 1.29 is 24.5 Å². The number of hydrogen-bond acceptors (Lipinski definition) is 6. The third-order valence-corrected chi connectivity index (χ3v) is 3.07. The molecule has 2 unspecified atom stereocenters. The van der Waals surface area contributed by atoms with E-state index in [-0.39, 0.29) is 13.0 Å². The molecule has 0 amide bonds. The van der Waals surface area contributed by atoms with Crippen LogP contribution < -0.4 is 4.74 Å². The molecule has 2 atom stereocenters. The van der Waals surface area contributed by atoms with Crippen molar-refractivity contribution in [2.45, 2.75) is 25.6 Å². The van der Waals surface area contributed by atoms with Gasteiger partial charge in [-0.3, -0.25) is 4.79 Å². The average Bonchev–Trinajstić information content (AvgIpc) is 2.47. The molecule has 6 heteroatoms. The van der Waals surface area contributed by atoms with Gasteiger partial charge in [0.2, 0.25) is 0 Å². The summed E-state index contributed by atoms with van der Waals surface area (Å²) in [5.41, 5.74) is 0.525. The molecule has 2 N–H and O–H groups in total. The Morgan fingerprint density at radius 1 is 1.23 bits per heavy atom. The van der Waals surface area contributed by atoms with Gasteiger partial charge < -0.3 is 24.6 Å². The summed E-state index contributed by atoms with van der Waals surface area (Å²) in [5, 5.41) is 19.9. The number of carbonyl (C=O) groups is 1. The Hall–Kier alpha value is -1.63. The number of esters is 1. The molecule has 22 heavy (non-hydrogen) atoms. The molecule has 0 fully saturated rings. The van der Waals surface area contributed by atoms with Crippen LogP contribution in [0.15, 0.2) is 24.3 Å². The highest BCUT2D eigenvalue weighted by atomic mass is 16.5. The second-order valence-corrected chi connectivity index (χ2v) is 5.24. The Kier molecular flexibility index (Phi) is 7.87. The fraction of sp³-hybridized carbons (Fsp3) is 0.562. The van der Waals surface area contributed by atoms with Crippen LogP contribution in [0.2, 0.25) is 0 Å². The Bertz CT molecular complexity index is 446. The number of aliphatic hydroxyl groups is 2. The Morgan fingerprint density at radius 2 is 1.86 bits per heavy atom. The van der Waals surface area contributed by atoms with Crippen molar-refractivity contribution in [2.75, 3.05) is 33.9 Å². The minimum absolute atomic E-state index is 0.240. The molecule has 1 aromatic carbocycles. The molecular weight excluding hydrogens is 286 g/mol. The Morgan fingerprint density at radius 3 is 2.41 bits per heavy atom. The lowest BCUT2D eigenvalue weighted by molar-refractivity contribution is -0.147. The summed E-state index contributed by atoms with van der Waals surface area (Å²) < 4.78 is 10.3. The smallest absolute Gasteiger partial charge is 0.308 e. The van der Waals surface area contributed by atoms with E-state index in [9.17, 15) is 15.0 Å². The van der Waals surface area contributed by atoms with E-state index in [4.69, 9.17) is 9.47 Å². The molecule has 0 bridgehead atoms. The predicted molar refractivity (Wildman–Crippen MR) is 82.7 cm³/mol. The van der Waals surface area contributed by atoms with Crippen molar-refractivity contribution in [1.82, 2.24) is 4.90 Å². The summed E-state index contributed by atoms with van der Waals surface area (Å²) in [4.78, 5) is 13.3. The first-order valence-electron chi connectivity index (χ1n) is 7.33. The fourth-order valence-corrected chi connectivity index (χ4v) is 1.83. The maximum Gasteiger partial charge on any atom is 0.308 e. The van der Waals surface area contributed by atoms with E-state index >= 15 is 0 Å². The van der Waals surface area contributed by atoms with Crippen LogP contribution in [0.3, 0.4) is 0 Å². The molecule has 6 nitrogen and oxygen atoms in total. The molecule has 0 saturated heterocycles. The van der Waals surface area contributed by atoms with Gasteiger partial charge >= 0.3 is 5.97 Å². The number of benzene rings is 1. The summed E-state index contributed by atoms with van der Waals surface area (Å²) in [7, 11) is 3.93. The van der Waals surface area contributed by atoms with E-state index in [1.54, 1.807) is 31.2 Å². The number of ether oxygens (including phenoxy) is 2. The third-order valence-electron chi connectivity index (χ3n) is 3.07.